The van der Waals surface area contributed by atoms with Crippen LogP contribution in [0.3, 0.4) is 0 Å². The number of hydrogen-bond acceptors (Lipinski definition) is 5. The Morgan fingerprint density at radius 2 is 1.88 bits per heavy atom. The molecule has 24 heavy (non-hydrogen) atoms. The van der Waals surface area contributed by atoms with Crippen molar-refractivity contribution in [3.63, 3.8) is 0 Å². The van der Waals surface area contributed by atoms with Crippen LogP contribution in [0.2, 0.25) is 0 Å². The number of aliphatic carboxylic acids is 2. The summed E-state index contributed by atoms with van der Waals surface area (Å²) in [6, 6.07) is 5.56. The Kier molecular flexibility index (Phi) is 7.44. The number of rotatable bonds is 5. The molecule has 1 atom stereocenters. The van der Waals surface area contributed by atoms with Gasteiger partial charge in [-0.15, -0.1) is 0 Å². The topological polar surface area (TPSA) is 133 Å². The van der Waals surface area contributed by atoms with Crippen molar-refractivity contribution in [1.82, 2.24) is 0 Å². The SMILES string of the molecule is CC(O)COc1cccc2c1CCC(=O)N2.O=C(O)C=CC(=O)O. The van der Waals surface area contributed by atoms with Gasteiger partial charge in [0.05, 0.1) is 6.10 Å². The highest BCUT2D eigenvalue weighted by molar-refractivity contribution is 5.94. The maximum absolute atomic E-state index is 11.2. The lowest BCUT2D eigenvalue weighted by molar-refractivity contribution is -0.134. The summed E-state index contributed by atoms with van der Waals surface area (Å²) in [6.07, 6.45) is 1.80. The first-order chi connectivity index (χ1) is 11.3. The Hall–Kier alpha value is -2.87. The van der Waals surface area contributed by atoms with Crippen LogP contribution in [-0.2, 0) is 20.8 Å². The molecule has 0 fully saturated rings. The van der Waals surface area contributed by atoms with Gasteiger partial charge in [-0.05, 0) is 25.5 Å². The predicted octanol–water partition coefficient (Wildman–Crippen LogP) is 1.04. The van der Waals surface area contributed by atoms with Crippen molar-refractivity contribution in [3.05, 3.63) is 35.9 Å². The lowest BCUT2D eigenvalue weighted by atomic mass is 10.0. The van der Waals surface area contributed by atoms with Gasteiger partial charge in [0.25, 0.3) is 0 Å². The minimum Gasteiger partial charge on any atom is -0.491 e. The van der Waals surface area contributed by atoms with E-state index < -0.39 is 18.0 Å². The van der Waals surface area contributed by atoms with E-state index in [1.807, 2.05) is 18.2 Å². The molecule has 130 valence electrons. The normalized spacial score (nSPS) is 14.0. The summed E-state index contributed by atoms with van der Waals surface area (Å²) in [7, 11) is 0. The van der Waals surface area contributed by atoms with Crippen LogP contribution >= 0.6 is 0 Å². The van der Waals surface area contributed by atoms with Crippen molar-refractivity contribution in [1.29, 1.82) is 0 Å². The molecule has 2 rings (SSSR count). The zero-order valence-electron chi connectivity index (χ0n) is 13.1. The lowest BCUT2D eigenvalue weighted by Gasteiger charge is -2.20. The molecular weight excluding hydrogens is 318 g/mol. The average Bonchev–Trinajstić information content (AvgIpc) is 2.51. The molecule has 1 aromatic carbocycles. The molecule has 0 aliphatic carbocycles. The number of benzene rings is 1. The zero-order chi connectivity index (χ0) is 18.1. The molecule has 0 saturated heterocycles. The molecule has 1 aliphatic rings. The van der Waals surface area contributed by atoms with Crippen molar-refractivity contribution in [2.24, 2.45) is 0 Å². The number of amides is 1. The molecule has 0 radical (unpaired) electrons. The van der Waals surface area contributed by atoms with E-state index in [-0.39, 0.29) is 12.5 Å². The second-order valence-electron chi connectivity index (χ2n) is 5.00. The third-order valence-electron chi connectivity index (χ3n) is 2.86. The number of carboxylic acids is 2. The first kappa shape index (κ1) is 19.2. The molecule has 0 saturated carbocycles. The minimum absolute atomic E-state index is 0.0418. The number of ether oxygens (including phenoxy) is 1. The fourth-order valence-corrected chi connectivity index (χ4v) is 1.88. The van der Waals surface area contributed by atoms with Crippen LogP contribution in [-0.4, -0.2) is 45.9 Å². The maximum atomic E-state index is 11.2. The van der Waals surface area contributed by atoms with Gasteiger partial charge in [0.1, 0.15) is 12.4 Å². The standard InChI is InChI=1S/C12H15NO3.C4H4O4/c1-8(14)7-16-11-4-2-3-10-9(11)5-6-12(15)13-10;5-3(6)1-2-4(7)8/h2-4,8,14H,5-7H2,1H3,(H,13,15);1-2H,(H,5,6)(H,7,8). The summed E-state index contributed by atoms with van der Waals surface area (Å²) in [5, 5.41) is 27.6. The number of aliphatic hydroxyl groups excluding tert-OH is 1. The van der Waals surface area contributed by atoms with Gasteiger partial charge in [-0.25, -0.2) is 9.59 Å². The van der Waals surface area contributed by atoms with E-state index in [0.717, 1.165) is 17.0 Å². The van der Waals surface area contributed by atoms with Crippen molar-refractivity contribution in [2.45, 2.75) is 25.9 Å². The van der Waals surface area contributed by atoms with Crippen molar-refractivity contribution in [3.8, 4) is 5.75 Å². The van der Waals surface area contributed by atoms with Gasteiger partial charge < -0.3 is 25.4 Å². The molecule has 8 nitrogen and oxygen atoms in total. The summed E-state index contributed by atoms with van der Waals surface area (Å²) in [4.78, 5) is 30.3. The van der Waals surface area contributed by atoms with Gasteiger partial charge >= 0.3 is 11.9 Å². The summed E-state index contributed by atoms with van der Waals surface area (Å²) >= 11 is 0. The number of hydrogen-bond donors (Lipinski definition) is 4. The Labute approximate surface area is 138 Å². The van der Waals surface area contributed by atoms with E-state index in [1.165, 1.54) is 0 Å². The third-order valence-corrected chi connectivity index (χ3v) is 2.86. The largest absolute Gasteiger partial charge is 0.491 e. The van der Waals surface area contributed by atoms with Gasteiger partial charge in [-0.1, -0.05) is 6.07 Å². The highest BCUT2D eigenvalue weighted by Crippen LogP contribution is 2.30. The maximum Gasteiger partial charge on any atom is 0.328 e. The predicted molar refractivity (Wildman–Crippen MR) is 85.0 cm³/mol. The second kappa shape index (κ2) is 9.31. The highest BCUT2D eigenvalue weighted by atomic mass is 16.5. The van der Waals surface area contributed by atoms with Gasteiger partial charge in [0.15, 0.2) is 0 Å². The van der Waals surface area contributed by atoms with Crippen molar-refractivity contribution < 1.29 is 34.4 Å². The van der Waals surface area contributed by atoms with E-state index >= 15 is 0 Å². The summed E-state index contributed by atoms with van der Waals surface area (Å²) in [5.74, 6) is -1.72. The lowest BCUT2D eigenvalue weighted by Crippen LogP contribution is -2.20. The smallest absolute Gasteiger partial charge is 0.328 e. The zero-order valence-corrected chi connectivity index (χ0v) is 13.1. The average molecular weight is 337 g/mol. The molecular formula is C16H19NO7. The molecule has 1 unspecified atom stereocenters. The first-order valence-corrected chi connectivity index (χ1v) is 7.16. The fraction of sp³-hybridized carbons (Fsp3) is 0.312. The van der Waals surface area contributed by atoms with E-state index in [1.54, 1.807) is 6.92 Å². The number of carbonyl (C=O) groups is 3. The number of fused-ring (bicyclic) bond motifs is 1. The van der Waals surface area contributed by atoms with Crippen LogP contribution in [0, 0.1) is 0 Å². The summed E-state index contributed by atoms with van der Waals surface area (Å²) in [5.41, 5.74) is 1.84. The number of carboxylic acid groups (broad SMARTS) is 2. The van der Waals surface area contributed by atoms with E-state index in [2.05, 4.69) is 5.32 Å². The number of anilines is 1. The molecule has 8 heteroatoms. The monoisotopic (exact) mass is 337 g/mol. The number of aliphatic hydroxyl groups is 1. The van der Waals surface area contributed by atoms with Crippen LogP contribution in [0.4, 0.5) is 5.69 Å². The Morgan fingerprint density at radius 1 is 1.25 bits per heavy atom. The third kappa shape index (κ3) is 6.93. The van der Waals surface area contributed by atoms with Crippen LogP contribution in [0.25, 0.3) is 0 Å². The van der Waals surface area contributed by atoms with Crippen LogP contribution < -0.4 is 10.1 Å². The molecule has 1 heterocycles. The molecule has 0 bridgehead atoms. The van der Waals surface area contributed by atoms with Crippen molar-refractivity contribution in [2.75, 3.05) is 11.9 Å². The van der Waals surface area contributed by atoms with E-state index in [4.69, 9.17) is 20.1 Å². The quantitative estimate of drug-likeness (QED) is 0.590. The van der Waals surface area contributed by atoms with E-state index in [0.29, 0.717) is 25.0 Å². The molecule has 0 aromatic heterocycles. The molecule has 1 aliphatic heterocycles. The van der Waals surface area contributed by atoms with Gasteiger partial charge in [-0.2, -0.15) is 0 Å². The van der Waals surface area contributed by atoms with Crippen LogP contribution in [0.1, 0.15) is 18.9 Å². The second-order valence-corrected chi connectivity index (χ2v) is 5.00. The van der Waals surface area contributed by atoms with Gasteiger partial charge in [0, 0.05) is 29.8 Å². The van der Waals surface area contributed by atoms with Crippen LogP contribution in [0.5, 0.6) is 5.75 Å². The Balaban J connectivity index is 0.000000307. The van der Waals surface area contributed by atoms with Gasteiger partial charge in [-0.3, -0.25) is 4.79 Å². The van der Waals surface area contributed by atoms with Crippen molar-refractivity contribution >= 4 is 23.5 Å². The molecule has 1 amide bonds. The minimum atomic E-state index is -1.26. The van der Waals surface area contributed by atoms with Crippen LogP contribution in [0.15, 0.2) is 30.4 Å². The fourth-order valence-electron chi connectivity index (χ4n) is 1.88. The van der Waals surface area contributed by atoms with Gasteiger partial charge in [0.2, 0.25) is 5.91 Å². The Morgan fingerprint density at radius 3 is 2.42 bits per heavy atom. The summed E-state index contributed by atoms with van der Waals surface area (Å²) < 4.78 is 5.50. The highest BCUT2D eigenvalue weighted by Gasteiger charge is 2.18. The molecule has 1 aromatic rings. The summed E-state index contributed by atoms with van der Waals surface area (Å²) in [6.45, 7) is 1.95. The number of carbonyl (C=O) groups excluding carboxylic acids is 1. The Bertz CT molecular complexity index is 621. The first-order valence-electron chi connectivity index (χ1n) is 7.16. The number of nitrogens with one attached hydrogen (secondary N) is 1. The van der Waals surface area contributed by atoms with E-state index in [9.17, 15) is 14.4 Å². The molecule has 4 N–H and O–H groups in total. The molecule has 0 spiro atoms.